The number of fused-ring (bicyclic) bond motifs is 1. The number of rotatable bonds is 5. The zero-order valence-electron chi connectivity index (χ0n) is 17.1. The Morgan fingerprint density at radius 3 is 2.24 bits per heavy atom. The van der Waals surface area contributed by atoms with Crippen LogP contribution < -0.4 is 4.74 Å². The number of halogens is 5. The molecule has 170 valence electrons. The minimum Gasteiger partial charge on any atom is -0.457 e. The molecule has 33 heavy (non-hydrogen) atoms. The topological polar surface area (TPSA) is 55.2 Å². The first-order valence-electron chi connectivity index (χ1n) is 9.83. The Morgan fingerprint density at radius 2 is 1.58 bits per heavy atom. The van der Waals surface area contributed by atoms with Gasteiger partial charge in [-0.25, -0.2) is 0 Å². The zero-order valence-corrected chi connectivity index (χ0v) is 18.7. The number of ether oxygens (including phenoxy) is 1. The first kappa shape index (κ1) is 23.3. The first-order valence-corrected chi connectivity index (χ1v) is 10.6. The normalized spacial score (nSPS) is 14.6. The van der Waals surface area contributed by atoms with E-state index in [-0.39, 0.29) is 21.7 Å². The van der Waals surface area contributed by atoms with Gasteiger partial charge in [-0.05, 0) is 53.6 Å². The molecule has 0 aliphatic rings. The number of aromatic nitrogens is 2. The van der Waals surface area contributed by atoms with Gasteiger partial charge >= 0.3 is 6.18 Å². The lowest BCUT2D eigenvalue weighted by molar-refractivity contribution is -0.274. The lowest BCUT2D eigenvalue weighted by Crippen LogP contribution is -2.46. The number of aliphatic hydroxyl groups is 1. The molecule has 0 spiro atoms. The number of hydrogen-bond acceptors (Lipinski definition) is 4. The standard InChI is InChI=1S/C24H17Cl2F3N2O2/c1-14(19-7-6-18(13-20(19)26)33-17-4-2-3-16(25)12-17)23(32,24(27,28)29)15-5-8-21-22(11-15)31-10-9-30-21/h2-14,32H,1H3. The van der Waals surface area contributed by atoms with Crippen LogP contribution in [0.15, 0.2) is 73.1 Å². The molecule has 0 bridgehead atoms. The van der Waals surface area contributed by atoms with Gasteiger partial charge in [0.05, 0.1) is 11.0 Å². The monoisotopic (exact) mass is 492 g/mol. The van der Waals surface area contributed by atoms with Gasteiger partial charge < -0.3 is 9.84 Å². The summed E-state index contributed by atoms with van der Waals surface area (Å²) in [5, 5.41) is 11.6. The van der Waals surface area contributed by atoms with E-state index in [4.69, 9.17) is 27.9 Å². The van der Waals surface area contributed by atoms with Gasteiger partial charge in [0.25, 0.3) is 0 Å². The molecule has 4 nitrogen and oxygen atoms in total. The highest BCUT2D eigenvalue weighted by molar-refractivity contribution is 6.31. The zero-order chi connectivity index (χ0) is 23.8. The summed E-state index contributed by atoms with van der Waals surface area (Å²) in [6.07, 6.45) is -2.19. The van der Waals surface area contributed by atoms with Crippen LogP contribution in [0.3, 0.4) is 0 Å². The van der Waals surface area contributed by atoms with Gasteiger partial charge in [0.1, 0.15) is 11.5 Å². The van der Waals surface area contributed by atoms with Crippen molar-refractivity contribution >= 4 is 34.2 Å². The third kappa shape index (κ3) is 4.49. The Morgan fingerprint density at radius 1 is 0.879 bits per heavy atom. The second-order valence-electron chi connectivity index (χ2n) is 7.49. The lowest BCUT2D eigenvalue weighted by atomic mass is 9.77. The third-order valence-electron chi connectivity index (χ3n) is 5.44. The van der Waals surface area contributed by atoms with Crippen LogP contribution in [0.25, 0.3) is 11.0 Å². The Hall–Kier alpha value is -2.87. The highest BCUT2D eigenvalue weighted by Crippen LogP contribution is 2.50. The molecule has 1 heterocycles. The second-order valence-corrected chi connectivity index (χ2v) is 8.33. The fraction of sp³-hybridized carbons (Fsp3) is 0.167. The summed E-state index contributed by atoms with van der Waals surface area (Å²) in [6, 6.07) is 14.7. The van der Waals surface area contributed by atoms with Crippen LogP contribution in [0.2, 0.25) is 10.0 Å². The molecule has 2 unspecified atom stereocenters. The summed E-state index contributed by atoms with van der Waals surface area (Å²) in [5.74, 6) is -0.683. The molecule has 3 aromatic carbocycles. The van der Waals surface area contributed by atoms with Crippen molar-refractivity contribution in [3.8, 4) is 11.5 Å². The second kappa shape index (κ2) is 8.82. The molecule has 0 fully saturated rings. The Balaban J connectivity index is 1.72. The van der Waals surface area contributed by atoms with Crippen molar-refractivity contribution in [2.24, 2.45) is 0 Å². The van der Waals surface area contributed by atoms with Gasteiger partial charge in [0.2, 0.25) is 0 Å². The van der Waals surface area contributed by atoms with Crippen LogP contribution in [-0.4, -0.2) is 21.3 Å². The number of hydrogen-bond donors (Lipinski definition) is 1. The molecule has 1 N–H and O–H groups in total. The van der Waals surface area contributed by atoms with E-state index in [0.29, 0.717) is 22.0 Å². The Bertz CT molecular complexity index is 1320. The summed E-state index contributed by atoms with van der Waals surface area (Å²) in [7, 11) is 0. The van der Waals surface area contributed by atoms with Crippen LogP contribution in [0, 0.1) is 0 Å². The van der Waals surface area contributed by atoms with Crippen LogP contribution >= 0.6 is 23.2 Å². The largest absolute Gasteiger partial charge is 0.457 e. The van der Waals surface area contributed by atoms with Crippen LogP contribution in [0.4, 0.5) is 13.2 Å². The van der Waals surface area contributed by atoms with Crippen LogP contribution in [-0.2, 0) is 5.60 Å². The Labute approximate surface area is 197 Å². The van der Waals surface area contributed by atoms with Crippen molar-refractivity contribution < 1.29 is 23.0 Å². The van der Waals surface area contributed by atoms with Gasteiger partial charge in [-0.3, -0.25) is 9.97 Å². The smallest absolute Gasteiger partial charge is 0.422 e. The van der Waals surface area contributed by atoms with E-state index in [2.05, 4.69) is 9.97 Å². The molecule has 9 heteroatoms. The molecule has 0 saturated heterocycles. The van der Waals surface area contributed by atoms with Crippen molar-refractivity contribution in [1.29, 1.82) is 0 Å². The summed E-state index contributed by atoms with van der Waals surface area (Å²) in [4.78, 5) is 8.12. The third-order valence-corrected chi connectivity index (χ3v) is 6.00. The summed E-state index contributed by atoms with van der Waals surface area (Å²) in [6.45, 7) is 1.27. The maximum atomic E-state index is 14.3. The molecule has 0 aliphatic carbocycles. The number of nitrogens with zero attached hydrogens (tertiary/aromatic N) is 2. The van der Waals surface area contributed by atoms with Gasteiger partial charge in [-0.2, -0.15) is 13.2 Å². The molecule has 4 aromatic rings. The molecule has 0 aliphatic heterocycles. The average Bonchev–Trinajstić information content (AvgIpc) is 2.77. The predicted octanol–water partition coefficient (Wildman–Crippen LogP) is 7.28. The van der Waals surface area contributed by atoms with E-state index < -0.39 is 17.7 Å². The molecular formula is C24H17Cl2F3N2O2. The lowest BCUT2D eigenvalue weighted by Gasteiger charge is -2.37. The van der Waals surface area contributed by atoms with Gasteiger partial charge in [-0.15, -0.1) is 0 Å². The molecule has 1 aromatic heterocycles. The molecule has 4 rings (SSSR count). The van der Waals surface area contributed by atoms with Crippen LogP contribution in [0.5, 0.6) is 11.5 Å². The van der Waals surface area contributed by atoms with Crippen molar-refractivity contribution in [1.82, 2.24) is 9.97 Å². The van der Waals surface area contributed by atoms with Crippen LogP contribution in [0.1, 0.15) is 24.0 Å². The van der Waals surface area contributed by atoms with Crippen molar-refractivity contribution in [3.05, 3.63) is 94.2 Å². The maximum absolute atomic E-state index is 14.3. The minimum absolute atomic E-state index is 0.0188. The summed E-state index contributed by atoms with van der Waals surface area (Å²) < 4.78 is 48.6. The van der Waals surface area contributed by atoms with E-state index in [9.17, 15) is 18.3 Å². The summed E-state index contributed by atoms with van der Waals surface area (Å²) in [5.41, 5.74) is -2.82. The molecule has 0 radical (unpaired) electrons. The van der Waals surface area contributed by atoms with Crippen molar-refractivity contribution in [3.63, 3.8) is 0 Å². The SMILES string of the molecule is CC(c1ccc(Oc2cccc(Cl)c2)cc1Cl)C(O)(c1ccc2nccnc2c1)C(F)(F)F. The van der Waals surface area contributed by atoms with E-state index in [0.717, 1.165) is 0 Å². The molecule has 0 amide bonds. The average molecular weight is 493 g/mol. The Kier molecular flexibility index (Phi) is 6.22. The fourth-order valence-electron chi connectivity index (χ4n) is 3.67. The minimum atomic E-state index is -5.00. The van der Waals surface area contributed by atoms with Crippen molar-refractivity contribution in [2.45, 2.75) is 24.6 Å². The molecular weight excluding hydrogens is 476 g/mol. The molecule has 2 atom stereocenters. The predicted molar refractivity (Wildman–Crippen MR) is 121 cm³/mol. The van der Waals surface area contributed by atoms with Gasteiger partial charge in [0.15, 0.2) is 5.60 Å². The summed E-state index contributed by atoms with van der Waals surface area (Å²) >= 11 is 12.3. The molecule has 0 saturated carbocycles. The fourth-order valence-corrected chi connectivity index (χ4v) is 4.19. The maximum Gasteiger partial charge on any atom is 0.422 e. The number of alkyl halides is 3. The van der Waals surface area contributed by atoms with Gasteiger partial charge in [-0.1, -0.05) is 48.3 Å². The first-order chi connectivity index (χ1) is 15.6. The quantitative estimate of drug-likeness (QED) is 0.318. The van der Waals surface area contributed by atoms with E-state index >= 15 is 0 Å². The van der Waals surface area contributed by atoms with E-state index in [1.165, 1.54) is 55.7 Å². The highest BCUT2D eigenvalue weighted by Gasteiger charge is 2.59. The number of benzene rings is 3. The van der Waals surface area contributed by atoms with E-state index in [1.807, 2.05) is 0 Å². The van der Waals surface area contributed by atoms with Crippen molar-refractivity contribution in [2.75, 3.05) is 0 Å². The van der Waals surface area contributed by atoms with Gasteiger partial charge in [0, 0.05) is 28.4 Å². The van der Waals surface area contributed by atoms with E-state index in [1.54, 1.807) is 24.3 Å². The highest BCUT2D eigenvalue weighted by atomic mass is 35.5.